The smallest absolute Gasteiger partial charge is 0.341 e. The lowest BCUT2D eigenvalue weighted by molar-refractivity contribution is -0.127. The van der Waals surface area contributed by atoms with Crippen LogP contribution < -0.4 is 25.4 Å². The molecular formula is C24H27N3O7. The van der Waals surface area contributed by atoms with Gasteiger partial charge in [0.05, 0.1) is 25.5 Å². The molecule has 0 heterocycles. The highest BCUT2D eigenvalue weighted by Crippen LogP contribution is 2.40. The summed E-state index contributed by atoms with van der Waals surface area (Å²) in [5.41, 5.74) is 0.641. The Labute approximate surface area is 196 Å². The zero-order chi connectivity index (χ0) is 24.8. The Hall–Kier alpha value is -4.08. The number of urea groups is 1. The molecule has 0 aromatic heterocycles. The van der Waals surface area contributed by atoms with E-state index in [0.29, 0.717) is 11.4 Å². The Bertz CT molecular complexity index is 1090. The molecule has 0 bridgehead atoms. The molecule has 1 aliphatic rings. The van der Waals surface area contributed by atoms with Crippen LogP contribution in [0.4, 0.5) is 16.2 Å². The lowest BCUT2D eigenvalue weighted by Crippen LogP contribution is -2.41. The highest BCUT2D eigenvalue weighted by molar-refractivity contribution is 6.06. The molecule has 4 amide bonds. The molecule has 3 unspecified atom stereocenters. The van der Waals surface area contributed by atoms with Crippen LogP contribution in [-0.2, 0) is 14.3 Å². The third kappa shape index (κ3) is 6.03. The van der Waals surface area contributed by atoms with E-state index in [2.05, 4.69) is 16.0 Å². The molecule has 1 saturated carbocycles. The molecule has 0 spiro atoms. The maximum atomic E-state index is 12.9. The van der Waals surface area contributed by atoms with E-state index in [1.54, 1.807) is 30.3 Å². The number of methoxy groups -OCH3 is 2. The maximum Gasteiger partial charge on any atom is 0.341 e. The van der Waals surface area contributed by atoms with Crippen LogP contribution in [0.25, 0.3) is 0 Å². The van der Waals surface area contributed by atoms with Gasteiger partial charge in [0.15, 0.2) is 17.6 Å². The predicted molar refractivity (Wildman–Crippen MR) is 124 cm³/mol. The molecule has 3 N–H and O–H groups in total. The van der Waals surface area contributed by atoms with Crippen LogP contribution in [0, 0.1) is 11.8 Å². The van der Waals surface area contributed by atoms with Gasteiger partial charge in [-0.25, -0.2) is 9.59 Å². The fourth-order valence-corrected chi connectivity index (χ4v) is 3.24. The van der Waals surface area contributed by atoms with Gasteiger partial charge in [0, 0.05) is 23.7 Å². The Morgan fingerprint density at radius 3 is 2.18 bits per heavy atom. The van der Waals surface area contributed by atoms with Crippen LogP contribution in [0.2, 0.25) is 0 Å². The van der Waals surface area contributed by atoms with E-state index in [1.807, 2.05) is 6.92 Å². The lowest BCUT2D eigenvalue weighted by Gasteiger charge is -2.17. The summed E-state index contributed by atoms with van der Waals surface area (Å²) in [5, 5.41) is 7.35. The molecule has 3 rings (SSSR count). The Balaban J connectivity index is 1.70. The quantitative estimate of drug-likeness (QED) is 0.506. The van der Waals surface area contributed by atoms with Crippen LogP contribution in [0.1, 0.15) is 30.6 Å². The third-order valence-electron chi connectivity index (χ3n) is 5.37. The van der Waals surface area contributed by atoms with E-state index in [-0.39, 0.29) is 34.7 Å². The van der Waals surface area contributed by atoms with Crippen molar-refractivity contribution in [2.24, 2.45) is 11.8 Å². The Morgan fingerprint density at radius 1 is 0.971 bits per heavy atom. The minimum absolute atomic E-state index is 0.0207. The molecule has 1 aliphatic carbocycles. The molecule has 0 saturated heterocycles. The number of benzene rings is 2. The number of ether oxygens (including phenoxy) is 3. The number of rotatable bonds is 8. The molecule has 0 aliphatic heterocycles. The van der Waals surface area contributed by atoms with Crippen molar-refractivity contribution < 1.29 is 33.4 Å². The molecule has 10 nitrogen and oxygen atoms in total. The number of para-hydroxylation sites is 1. The van der Waals surface area contributed by atoms with E-state index < -0.39 is 24.0 Å². The first-order valence-corrected chi connectivity index (χ1v) is 10.7. The highest BCUT2D eigenvalue weighted by atomic mass is 16.5. The molecule has 1 fully saturated rings. The van der Waals surface area contributed by atoms with Crippen LogP contribution in [0.3, 0.4) is 0 Å². The van der Waals surface area contributed by atoms with Crippen molar-refractivity contribution in [2.75, 3.05) is 24.9 Å². The molecule has 2 aromatic rings. The highest BCUT2D eigenvalue weighted by Gasteiger charge is 2.39. The average Bonchev–Trinajstić information content (AvgIpc) is 3.55. The first kappa shape index (κ1) is 24.6. The van der Waals surface area contributed by atoms with E-state index in [4.69, 9.17) is 14.2 Å². The minimum Gasteiger partial charge on any atom is -0.493 e. The van der Waals surface area contributed by atoms with Crippen molar-refractivity contribution in [3.63, 3.8) is 0 Å². The second kappa shape index (κ2) is 10.7. The van der Waals surface area contributed by atoms with E-state index in [0.717, 1.165) is 6.42 Å². The second-order valence-corrected chi connectivity index (χ2v) is 7.92. The standard InChI is InChI=1S/C24H27N3O7/c1-13-10-16(13)22(29)26-18-12-20(33-4)19(32-3)11-17(18)23(30)34-14(2)21(28)27-24(31)25-15-8-6-5-7-9-15/h5-9,11-14,16H,10H2,1-4H3,(H,26,29)(H2,25,27,28,31). The summed E-state index contributed by atoms with van der Waals surface area (Å²) < 4.78 is 15.8. The van der Waals surface area contributed by atoms with Gasteiger partial charge in [-0.05, 0) is 31.4 Å². The topological polar surface area (TPSA) is 132 Å². The van der Waals surface area contributed by atoms with E-state index >= 15 is 0 Å². The molecule has 34 heavy (non-hydrogen) atoms. The van der Waals surface area contributed by atoms with Crippen molar-refractivity contribution in [3.05, 3.63) is 48.0 Å². The zero-order valence-electron chi connectivity index (χ0n) is 19.3. The van der Waals surface area contributed by atoms with Crippen LogP contribution in [-0.4, -0.2) is 44.1 Å². The van der Waals surface area contributed by atoms with Crippen molar-refractivity contribution in [1.82, 2.24) is 5.32 Å². The van der Waals surface area contributed by atoms with Crippen molar-refractivity contribution >= 4 is 35.2 Å². The summed E-state index contributed by atoms with van der Waals surface area (Å²) >= 11 is 0. The first-order valence-electron chi connectivity index (χ1n) is 10.7. The van der Waals surface area contributed by atoms with Gasteiger partial charge in [0.2, 0.25) is 5.91 Å². The number of hydrogen-bond donors (Lipinski definition) is 3. The van der Waals surface area contributed by atoms with Crippen molar-refractivity contribution in [1.29, 1.82) is 0 Å². The summed E-state index contributed by atoms with van der Waals surface area (Å²) in [7, 11) is 2.83. The van der Waals surface area contributed by atoms with Gasteiger partial charge >= 0.3 is 12.0 Å². The number of amides is 4. The number of nitrogens with one attached hydrogen (secondary N) is 3. The summed E-state index contributed by atoms with van der Waals surface area (Å²) in [6.45, 7) is 3.29. The molecule has 2 aromatic carbocycles. The monoisotopic (exact) mass is 469 g/mol. The maximum absolute atomic E-state index is 12.9. The molecule has 10 heteroatoms. The number of imide groups is 1. The van der Waals surface area contributed by atoms with Gasteiger partial charge in [-0.2, -0.15) is 0 Å². The molecule has 3 atom stereocenters. The normalized spacial score (nSPS) is 17.1. The zero-order valence-corrected chi connectivity index (χ0v) is 19.3. The molecule has 180 valence electrons. The number of anilines is 2. The van der Waals surface area contributed by atoms with Crippen LogP contribution in [0.15, 0.2) is 42.5 Å². The largest absolute Gasteiger partial charge is 0.493 e. The van der Waals surface area contributed by atoms with Gasteiger partial charge in [0.25, 0.3) is 5.91 Å². The van der Waals surface area contributed by atoms with Crippen molar-refractivity contribution in [2.45, 2.75) is 26.4 Å². The lowest BCUT2D eigenvalue weighted by atomic mass is 10.1. The van der Waals surface area contributed by atoms with E-state index in [1.165, 1.54) is 33.3 Å². The first-order chi connectivity index (χ1) is 16.2. The number of carbonyl (C=O) groups is 4. The minimum atomic E-state index is -1.30. The van der Waals surface area contributed by atoms with Crippen LogP contribution >= 0.6 is 0 Å². The van der Waals surface area contributed by atoms with Gasteiger partial charge in [-0.1, -0.05) is 25.1 Å². The van der Waals surface area contributed by atoms with Crippen LogP contribution in [0.5, 0.6) is 11.5 Å². The number of carbonyl (C=O) groups excluding carboxylic acids is 4. The Morgan fingerprint density at radius 2 is 1.59 bits per heavy atom. The van der Waals surface area contributed by atoms with Gasteiger partial charge in [-0.3, -0.25) is 14.9 Å². The number of hydrogen-bond acceptors (Lipinski definition) is 7. The van der Waals surface area contributed by atoms with Gasteiger partial charge in [0.1, 0.15) is 0 Å². The van der Waals surface area contributed by atoms with Gasteiger partial charge in [-0.15, -0.1) is 0 Å². The summed E-state index contributed by atoms with van der Waals surface area (Å²) in [6, 6.07) is 10.6. The summed E-state index contributed by atoms with van der Waals surface area (Å²) in [4.78, 5) is 49.8. The predicted octanol–water partition coefficient (Wildman–Crippen LogP) is 3.19. The van der Waals surface area contributed by atoms with Gasteiger partial charge < -0.3 is 24.8 Å². The Kier molecular flexibility index (Phi) is 7.72. The summed E-state index contributed by atoms with van der Waals surface area (Å²) in [5.74, 6) is -1.25. The molecule has 0 radical (unpaired) electrons. The SMILES string of the molecule is COc1cc(NC(=O)C2CC2C)c(C(=O)OC(C)C(=O)NC(=O)Nc2ccccc2)cc1OC. The van der Waals surface area contributed by atoms with E-state index in [9.17, 15) is 19.2 Å². The second-order valence-electron chi connectivity index (χ2n) is 7.92. The molecular weight excluding hydrogens is 442 g/mol. The average molecular weight is 469 g/mol. The summed E-state index contributed by atoms with van der Waals surface area (Å²) in [6.07, 6.45) is -0.532. The third-order valence-corrected chi connectivity index (χ3v) is 5.37. The van der Waals surface area contributed by atoms with Crippen molar-refractivity contribution in [3.8, 4) is 11.5 Å². The fourth-order valence-electron chi connectivity index (χ4n) is 3.24. The fraction of sp³-hybridized carbons (Fsp3) is 0.333. The number of esters is 1.